The summed E-state index contributed by atoms with van der Waals surface area (Å²) in [6, 6.07) is 4.75. The molecule has 18 heavy (non-hydrogen) atoms. The number of imide groups is 1. The molecule has 1 aliphatic heterocycles. The van der Waals surface area contributed by atoms with E-state index in [0.29, 0.717) is 11.3 Å². The molecule has 0 saturated carbocycles. The van der Waals surface area contributed by atoms with E-state index in [9.17, 15) is 14.7 Å². The van der Waals surface area contributed by atoms with Crippen LogP contribution >= 0.6 is 0 Å². The molecule has 1 aromatic carbocycles. The fourth-order valence-electron chi connectivity index (χ4n) is 1.92. The third kappa shape index (κ3) is 2.01. The third-order valence-corrected chi connectivity index (χ3v) is 2.86. The molecular formula is C14H15NO3. The van der Waals surface area contributed by atoms with Crippen LogP contribution in [0, 0.1) is 0 Å². The summed E-state index contributed by atoms with van der Waals surface area (Å²) in [5.74, 6) is -0.547. The van der Waals surface area contributed by atoms with Crippen LogP contribution in [0.4, 0.5) is 5.69 Å². The third-order valence-electron chi connectivity index (χ3n) is 2.86. The van der Waals surface area contributed by atoms with Crippen LogP contribution in [0.3, 0.4) is 0 Å². The molecule has 1 heterocycles. The van der Waals surface area contributed by atoms with E-state index in [1.165, 1.54) is 18.2 Å². The number of carbonyl (C=O) groups excluding carboxylic acids is 2. The molecule has 0 radical (unpaired) electrons. The molecule has 4 nitrogen and oxygen atoms in total. The Balaban J connectivity index is 2.48. The first-order valence-corrected chi connectivity index (χ1v) is 5.70. The van der Waals surface area contributed by atoms with Gasteiger partial charge in [0.2, 0.25) is 0 Å². The van der Waals surface area contributed by atoms with Crippen LogP contribution in [0.5, 0.6) is 5.75 Å². The molecule has 1 aromatic rings. The van der Waals surface area contributed by atoms with Crippen LogP contribution in [-0.4, -0.2) is 16.9 Å². The van der Waals surface area contributed by atoms with Crippen LogP contribution in [0.1, 0.15) is 26.3 Å². The number of phenolic OH excluding ortho intramolecular Hbond substituents is 1. The SMILES string of the molecule is CC(C)(C)c1cc(N2C(=O)C=CC2=O)ccc1O. The predicted octanol–water partition coefficient (Wildman–Crippen LogP) is 2.12. The van der Waals surface area contributed by atoms with Gasteiger partial charge in [-0.2, -0.15) is 0 Å². The number of hydrogen-bond donors (Lipinski definition) is 1. The van der Waals surface area contributed by atoms with Crippen molar-refractivity contribution >= 4 is 17.5 Å². The molecule has 0 unspecified atom stereocenters. The number of rotatable bonds is 1. The zero-order valence-electron chi connectivity index (χ0n) is 10.6. The van der Waals surface area contributed by atoms with E-state index >= 15 is 0 Å². The fourth-order valence-corrected chi connectivity index (χ4v) is 1.92. The van der Waals surface area contributed by atoms with Gasteiger partial charge in [-0.15, -0.1) is 0 Å². The molecular weight excluding hydrogens is 230 g/mol. The van der Waals surface area contributed by atoms with Crippen LogP contribution in [0.25, 0.3) is 0 Å². The van der Waals surface area contributed by atoms with Gasteiger partial charge in [0.25, 0.3) is 11.8 Å². The highest BCUT2D eigenvalue weighted by molar-refractivity contribution is 6.28. The minimum atomic E-state index is -0.356. The van der Waals surface area contributed by atoms with Crippen LogP contribution < -0.4 is 4.90 Å². The molecule has 4 heteroatoms. The van der Waals surface area contributed by atoms with Crippen molar-refractivity contribution in [2.45, 2.75) is 26.2 Å². The van der Waals surface area contributed by atoms with Gasteiger partial charge in [0.1, 0.15) is 5.75 Å². The number of hydrogen-bond acceptors (Lipinski definition) is 3. The van der Waals surface area contributed by atoms with E-state index in [2.05, 4.69) is 0 Å². The monoisotopic (exact) mass is 245 g/mol. The Morgan fingerprint density at radius 3 is 2.11 bits per heavy atom. The Morgan fingerprint density at radius 2 is 1.61 bits per heavy atom. The van der Waals surface area contributed by atoms with Gasteiger partial charge in [0, 0.05) is 17.7 Å². The summed E-state index contributed by atoms with van der Waals surface area (Å²) >= 11 is 0. The molecule has 1 aliphatic rings. The molecule has 0 aliphatic carbocycles. The number of benzene rings is 1. The number of anilines is 1. The molecule has 1 N–H and O–H groups in total. The average Bonchev–Trinajstić information content (AvgIpc) is 2.58. The Morgan fingerprint density at radius 1 is 1.06 bits per heavy atom. The van der Waals surface area contributed by atoms with Gasteiger partial charge in [-0.05, 0) is 23.6 Å². The minimum absolute atomic E-state index is 0.165. The van der Waals surface area contributed by atoms with Gasteiger partial charge in [0.15, 0.2) is 0 Å². The van der Waals surface area contributed by atoms with Crippen molar-refractivity contribution in [1.29, 1.82) is 0 Å². The topological polar surface area (TPSA) is 57.6 Å². The number of nitrogens with zero attached hydrogens (tertiary/aromatic N) is 1. The van der Waals surface area contributed by atoms with Gasteiger partial charge in [-0.1, -0.05) is 20.8 Å². The van der Waals surface area contributed by atoms with Gasteiger partial charge < -0.3 is 5.11 Å². The molecule has 0 saturated heterocycles. The maximum Gasteiger partial charge on any atom is 0.258 e. The summed E-state index contributed by atoms with van der Waals surface area (Å²) in [5.41, 5.74) is 0.921. The predicted molar refractivity (Wildman–Crippen MR) is 68.4 cm³/mol. The van der Waals surface area contributed by atoms with Crippen molar-refractivity contribution in [2.24, 2.45) is 0 Å². The lowest BCUT2D eigenvalue weighted by molar-refractivity contribution is -0.119. The number of amides is 2. The molecule has 2 amide bonds. The summed E-state index contributed by atoms with van der Waals surface area (Å²) in [6.07, 6.45) is 2.48. The second-order valence-corrected chi connectivity index (χ2v) is 5.30. The molecule has 0 fully saturated rings. The lowest BCUT2D eigenvalue weighted by Crippen LogP contribution is -2.29. The largest absolute Gasteiger partial charge is 0.508 e. The minimum Gasteiger partial charge on any atom is -0.508 e. The van der Waals surface area contributed by atoms with Gasteiger partial charge >= 0.3 is 0 Å². The van der Waals surface area contributed by atoms with E-state index in [1.807, 2.05) is 20.8 Å². The lowest BCUT2D eigenvalue weighted by Gasteiger charge is -2.23. The van der Waals surface area contributed by atoms with E-state index in [4.69, 9.17) is 0 Å². The van der Waals surface area contributed by atoms with Crippen molar-refractivity contribution in [3.8, 4) is 5.75 Å². The lowest BCUT2D eigenvalue weighted by atomic mass is 9.86. The first kappa shape index (κ1) is 12.4. The molecule has 0 aromatic heterocycles. The number of carbonyl (C=O) groups is 2. The second kappa shape index (κ2) is 3.98. The molecule has 0 spiro atoms. The van der Waals surface area contributed by atoms with Gasteiger partial charge in [-0.25, -0.2) is 4.90 Å². The normalized spacial score (nSPS) is 15.6. The quantitative estimate of drug-likeness (QED) is 0.771. The zero-order valence-corrected chi connectivity index (χ0v) is 10.6. The molecule has 0 atom stereocenters. The summed E-state index contributed by atoms with van der Waals surface area (Å²) in [4.78, 5) is 24.3. The highest BCUT2D eigenvalue weighted by Gasteiger charge is 2.27. The molecule has 94 valence electrons. The fraction of sp³-hybridized carbons (Fsp3) is 0.286. The van der Waals surface area contributed by atoms with Crippen LogP contribution in [0.2, 0.25) is 0 Å². The average molecular weight is 245 g/mol. The van der Waals surface area contributed by atoms with Crippen molar-refractivity contribution in [1.82, 2.24) is 0 Å². The van der Waals surface area contributed by atoms with Crippen molar-refractivity contribution < 1.29 is 14.7 Å². The summed E-state index contributed by atoms with van der Waals surface area (Å²) in [7, 11) is 0. The van der Waals surface area contributed by atoms with Gasteiger partial charge in [0.05, 0.1) is 5.69 Å². The first-order valence-electron chi connectivity index (χ1n) is 5.70. The highest BCUT2D eigenvalue weighted by Crippen LogP contribution is 2.34. The van der Waals surface area contributed by atoms with Crippen LogP contribution in [-0.2, 0) is 15.0 Å². The van der Waals surface area contributed by atoms with E-state index < -0.39 is 0 Å². The Kier molecular flexibility index (Phi) is 2.73. The Labute approximate surface area is 106 Å². The zero-order chi connectivity index (χ0) is 13.5. The Bertz CT molecular complexity index is 535. The van der Waals surface area contributed by atoms with Crippen molar-refractivity contribution in [3.63, 3.8) is 0 Å². The smallest absolute Gasteiger partial charge is 0.258 e. The molecule has 0 bridgehead atoms. The van der Waals surface area contributed by atoms with Crippen LogP contribution in [0.15, 0.2) is 30.4 Å². The maximum absolute atomic E-state index is 11.6. The highest BCUT2D eigenvalue weighted by atomic mass is 16.3. The maximum atomic E-state index is 11.6. The summed E-state index contributed by atoms with van der Waals surface area (Å²) < 4.78 is 0. The number of phenols is 1. The molecule has 2 rings (SSSR count). The second-order valence-electron chi connectivity index (χ2n) is 5.30. The van der Waals surface area contributed by atoms with Crippen molar-refractivity contribution in [3.05, 3.63) is 35.9 Å². The number of aromatic hydroxyl groups is 1. The standard InChI is InChI=1S/C14H15NO3/c1-14(2,3)10-8-9(4-5-11(10)16)15-12(17)6-7-13(15)18/h4-8,16H,1-3H3. The summed E-state index contributed by atoms with van der Waals surface area (Å²) in [5, 5.41) is 9.84. The van der Waals surface area contributed by atoms with E-state index in [-0.39, 0.29) is 23.0 Å². The summed E-state index contributed by atoms with van der Waals surface area (Å²) in [6.45, 7) is 5.87. The van der Waals surface area contributed by atoms with E-state index in [0.717, 1.165) is 4.90 Å². The first-order chi connectivity index (χ1) is 8.30. The Hall–Kier alpha value is -2.10. The van der Waals surface area contributed by atoms with E-state index in [1.54, 1.807) is 12.1 Å². The van der Waals surface area contributed by atoms with Gasteiger partial charge in [-0.3, -0.25) is 9.59 Å². The van der Waals surface area contributed by atoms with Crippen molar-refractivity contribution in [2.75, 3.05) is 4.90 Å².